The molecular weight excluding hydrogens is 547 g/mol. The number of hydrogen-bond acceptors (Lipinski definition) is 6. The molecule has 0 spiro atoms. The van der Waals surface area contributed by atoms with Crippen molar-refractivity contribution in [3.05, 3.63) is 84.2 Å². The first kappa shape index (κ1) is 28.4. The van der Waals surface area contributed by atoms with Gasteiger partial charge in [-0.15, -0.1) is 5.10 Å². The van der Waals surface area contributed by atoms with Crippen LogP contribution in [0.5, 0.6) is 0 Å². The molecule has 0 bridgehead atoms. The number of carbonyl (C=O) groups is 2. The molecular formula is C29H31FN6O4S. The molecule has 10 nitrogen and oxygen atoms in total. The lowest BCUT2D eigenvalue weighted by Crippen LogP contribution is -2.47. The Morgan fingerprint density at radius 2 is 1.66 bits per heavy atom. The number of nitrogens with zero attached hydrogens (tertiary/aromatic N) is 5. The number of benzene rings is 3. The van der Waals surface area contributed by atoms with Crippen molar-refractivity contribution in [3.8, 4) is 0 Å². The van der Waals surface area contributed by atoms with Crippen LogP contribution in [0.1, 0.15) is 37.3 Å². The Balaban J connectivity index is 1.59. The van der Waals surface area contributed by atoms with Gasteiger partial charge in [-0.3, -0.25) is 14.5 Å². The Labute approximate surface area is 237 Å². The largest absolute Gasteiger partial charge is 0.351 e. The number of nitrogens with one attached hydrogen (secondary N) is 1. The minimum atomic E-state index is -3.73. The summed E-state index contributed by atoms with van der Waals surface area (Å²) in [7, 11) is -0.868. The molecule has 1 heterocycles. The molecule has 0 aliphatic heterocycles. The summed E-state index contributed by atoms with van der Waals surface area (Å²) in [5.41, 5.74) is 1.96. The monoisotopic (exact) mass is 578 g/mol. The zero-order valence-electron chi connectivity index (χ0n) is 22.8. The second-order valence-electron chi connectivity index (χ2n) is 10.2. The molecule has 1 saturated carbocycles. The highest BCUT2D eigenvalue weighted by molar-refractivity contribution is 7.89. The van der Waals surface area contributed by atoms with Crippen molar-refractivity contribution >= 4 is 38.6 Å². The fourth-order valence-corrected chi connectivity index (χ4v) is 5.98. The fourth-order valence-electron chi connectivity index (χ4n) is 5.08. The van der Waals surface area contributed by atoms with Crippen molar-refractivity contribution in [2.75, 3.05) is 19.0 Å². The fraction of sp³-hybridized carbons (Fsp3) is 0.310. The first-order valence-electron chi connectivity index (χ1n) is 13.3. The van der Waals surface area contributed by atoms with Gasteiger partial charge in [-0.1, -0.05) is 42.3 Å². The molecule has 12 heteroatoms. The number of carbonyl (C=O) groups excluding carboxylic acids is 2. The minimum absolute atomic E-state index is 0.0331. The van der Waals surface area contributed by atoms with Crippen LogP contribution in [0, 0.1) is 5.82 Å². The third-order valence-corrected chi connectivity index (χ3v) is 9.09. The van der Waals surface area contributed by atoms with Gasteiger partial charge < -0.3 is 5.32 Å². The number of aromatic nitrogens is 3. The summed E-state index contributed by atoms with van der Waals surface area (Å²) in [4.78, 5) is 29.4. The number of para-hydroxylation sites is 1. The van der Waals surface area contributed by atoms with Crippen LogP contribution in [0.25, 0.3) is 11.0 Å². The van der Waals surface area contributed by atoms with E-state index in [1.54, 1.807) is 12.1 Å². The number of halogens is 1. The highest BCUT2D eigenvalue weighted by Gasteiger charge is 2.35. The molecule has 1 atom stereocenters. The zero-order valence-corrected chi connectivity index (χ0v) is 23.6. The number of hydrogen-bond donors (Lipinski definition) is 1. The highest BCUT2D eigenvalue weighted by Crippen LogP contribution is 2.31. The van der Waals surface area contributed by atoms with Crippen LogP contribution in [-0.2, 0) is 26.2 Å². The third kappa shape index (κ3) is 5.98. The number of rotatable bonds is 9. The van der Waals surface area contributed by atoms with Crippen LogP contribution in [0.2, 0.25) is 0 Å². The van der Waals surface area contributed by atoms with E-state index in [2.05, 4.69) is 15.6 Å². The Morgan fingerprint density at radius 3 is 2.32 bits per heavy atom. The molecule has 0 saturated heterocycles. The van der Waals surface area contributed by atoms with E-state index >= 15 is 0 Å². The zero-order chi connectivity index (χ0) is 29.1. The van der Waals surface area contributed by atoms with Gasteiger partial charge in [0.15, 0.2) is 0 Å². The predicted octanol–water partition coefficient (Wildman–Crippen LogP) is 3.65. The molecule has 41 heavy (non-hydrogen) atoms. The Kier molecular flexibility index (Phi) is 8.13. The summed E-state index contributed by atoms with van der Waals surface area (Å²) in [6.07, 6.45) is 3.65. The van der Waals surface area contributed by atoms with Crippen molar-refractivity contribution < 1.29 is 22.4 Å². The van der Waals surface area contributed by atoms with E-state index < -0.39 is 33.7 Å². The van der Waals surface area contributed by atoms with Gasteiger partial charge in [0.1, 0.15) is 23.9 Å². The molecule has 2 amide bonds. The van der Waals surface area contributed by atoms with Gasteiger partial charge in [0.2, 0.25) is 21.8 Å². The maximum absolute atomic E-state index is 14.1. The van der Waals surface area contributed by atoms with Gasteiger partial charge in [-0.2, -0.15) is 0 Å². The van der Waals surface area contributed by atoms with Crippen LogP contribution < -0.4 is 10.2 Å². The molecule has 5 rings (SSSR count). The third-order valence-electron chi connectivity index (χ3n) is 7.26. The Bertz CT molecular complexity index is 1650. The molecule has 1 N–H and O–H groups in total. The molecule has 3 aromatic carbocycles. The van der Waals surface area contributed by atoms with Gasteiger partial charge in [-0.05, 0) is 66.9 Å². The van der Waals surface area contributed by atoms with Crippen molar-refractivity contribution in [2.45, 2.75) is 49.2 Å². The first-order valence-corrected chi connectivity index (χ1v) is 14.8. The summed E-state index contributed by atoms with van der Waals surface area (Å²) < 4.78 is 41.9. The van der Waals surface area contributed by atoms with Crippen LogP contribution in [-0.4, -0.2) is 59.7 Å². The smallest absolute Gasteiger partial charge is 0.249 e. The standard InChI is InChI=1S/C29H31FN6O4S/c1-34(2)41(39,40)24-17-15-23(16-18-24)36(27(37)19-35-26-10-6-5-9-25(26)32-33-35)28(20-11-13-21(30)14-12-20)29(38)31-22-7-3-4-8-22/h5-6,9-18,22,28H,3-4,7-8,19H2,1-2H3,(H,31,38)/t28-/m1/s1. The number of anilines is 1. The van der Waals surface area contributed by atoms with Gasteiger partial charge in [0.25, 0.3) is 0 Å². The summed E-state index contributed by atoms with van der Waals surface area (Å²) in [6, 6.07) is 17.2. The lowest BCUT2D eigenvalue weighted by Gasteiger charge is -2.32. The maximum atomic E-state index is 14.1. The van der Waals surface area contributed by atoms with E-state index in [1.807, 2.05) is 12.1 Å². The Morgan fingerprint density at radius 1 is 1.00 bits per heavy atom. The van der Waals surface area contributed by atoms with Crippen molar-refractivity contribution in [1.29, 1.82) is 0 Å². The van der Waals surface area contributed by atoms with E-state index in [0.29, 0.717) is 22.3 Å². The molecule has 0 unspecified atom stereocenters. The minimum Gasteiger partial charge on any atom is -0.351 e. The molecule has 1 aliphatic rings. The van der Waals surface area contributed by atoms with E-state index in [-0.39, 0.29) is 17.5 Å². The van der Waals surface area contributed by atoms with E-state index in [0.717, 1.165) is 30.0 Å². The molecule has 214 valence electrons. The van der Waals surface area contributed by atoms with Crippen molar-refractivity contribution in [2.24, 2.45) is 0 Å². The number of amides is 2. The van der Waals surface area contributed by atoms with Gasteiger partial charge in [0, 0.05) is 25.8 Å². The lowest BCUT2D eigenvalue weighted by atomic mass is 10.0. The topological polar surface area (TPSA) is 118 Å². The van der Waals surface area contributed by atoms with E-state index in [1.165, 1.54) is 72.2 Å². The highest BCUT2D eigenvalue weighted by atomic mass is 32.2. The average molecular weight is 579 g/mol. The number of sulfonamides is 1. The quantitative estimate of drug-likeness (QED) is 0.324. The normalized spacial score (nSPS) is 14.8. The molecule has 1 fully saturated rings. The van der Waals surface area contributed by atoms with E-state index in [9.17, 15) is 22.4 Å². The molecule has 0 radical (unpaired) electrons. The first-order chi connectivity index (χ1) is 19.6. The average Bonchev–Trinajstić information content (AvgIpc) is 3.62. The summed E-state index contributed by atoms with van der Waals surface area (Å²) >= 11 is 0. The van der Waals surface area contributed by atoms with Crippen LogP contribution in [0.4, 0.5) is 10.1 Å². The molecule has 1 aliphatic carbocycles. The van der Waals surface area contributed by atoms with E-state index in [4.69, 9.17) is 0 Å². The van der Waals surface area contributed by atoms with Gasteiger partial charge in [0.05, 0.1) is 10.4 Å². The maximum Gasteiger partial charge on any atom is 0.249 e. The SMILES string of the molecule is CN(C)S(=O)(=O)c1ccc(N(C(=O)Cn2nnc3ccccc32)[C@@H](C(=O)NC2CCCC2)c2ccc(F)cc2)cc1. The number of fused-ring (bicyclic) bond motifs is 1. The summed E-state index contributed by atoms with van der Waals surface area (Å²) in [6.45, 7) is -0.243. The van der Waals surface area contributed by atoms with Crippen molar-refractivity contribution in [1.82, 2.24) is 24.6 Å². The second-order valence-corrected chi connectivity index (χ2v) is 12.4. The van der Waals surface area contributed by atoms with Crippen LogP contribution in [0.3, 0.4) is 0 Å². The van der Waals surface area contributed by atoms with Gasteiger partial charge >= 0.3 is 0 Å². The van der Waals surface area contributed by atoms with Crippen molar-refractivity contribution in [3.63, 3.8) is 0 Å². The summed E-state index contributed by atoms with van der Waals surface area (Å²) in [5, 5.41) is 11.3. The molecule has 4 aromatic rings. The predicted molar refractivity (Wildman–Crippen MR) is 152 cm³/mol. The molecule has 1 aromatic heterocycles. The second kappa shape index (κ2) is 11.8. The van der Waals surface area contributed by atoms with Crippen LogP contribution >= 0.6 is 0 Å². The summed E-state index contributed by atoms with van der Waals surface area (Å²) in [5.74, 6) is -1.38. The van der Waals surface area contributed by atoms with Gasteiger partial charge in [-0.25, -0.2) is 21.8 Å². The lowest BCUT2D eigenvalue weighted by molar-refractivity contribution is -0.127. The Hall–Kier alpha value is -4.16. The van der Waals surface area contributed by atoms with Crippen LogP contribution in [0.15, 0.2) is 77.7 Å².